The standard InChI is InChI=1S/C15H7ClO4/c16-8-5-11-13(12(6-8)20-7-17)15(19)10-4-2-1-3-9(10)14(11)18/h1-7H. The molecule has 4 nitrogen and oxygen atoms in total. The molecule has 98 valence electrons. The molecule has 0 N–H and O–H groups in total. The van der Waals surface area contributed by atoms with Crippen molar-refractivity contribution in [3.05, 3.63) is 63.7 Å². The fraction of sp³-hybridized carbons (Fsp3) is 0. The lowest BCUT2D eigenvalue weighted by atomic mass is 9.83. The molecule has 20 heavy (non-hydrogen) atoms. The zero-order valence-electron chi connectivity index (χ0n) is 10.1. The highest BCUT2D eigenvalue weighted by molar-refractivity contribution is 6.34. The van der Waals surface area contributed by atoms with Crippen molar-refractivity contribution in [1.29, 1.82) is 0 Å². The van der Waals surface area contributed by atoms with E-state index in [1.54, 1.807) is 24.3 Å². The summed E-state index contributed by atoms with van der Waals surface area (Å²) in [6.45, 7) is 0.199. The molecule has 0 fully saturated rings. The summed E-state index contributed by atoms with van der Waals surface area (Å²) in [6.07, 6.45) is 0. The Labute approximate surface area is 118 Å². The minimum absolute atomic E-state index is 0.00430. The Morgan fingerprint density at radius 2 is 1.60 bits per heavy atom. The van der Waals surface area contributed by atoms with Crippen LogP contribution in [0.2, 0.25) is 5.02 Å². The third kappa shape index (κ3) is 1.73. The molecule has 1 aliphatic rings. The third-order valence-corrected chi connectivity index (χ3v) is 3.35. The molecule has 0 aromatic heterocycles. The van der Waals surface area contributed by atoms with Gasteiger partial charge in [-0.3, -0.25) is 14.4 Å². The highest BCUT2D eigenvalue weighted by atomic mass is 35.5. The smallest absolute Gasteiger partial charge is 0.298 e. The molecule has 0 aliphatic heterocycles. The summed E-state index contributed by atoms with van der Waals surface area (Å²) in [5.41, 5.74) is 0.843. The minimum atomic E-state index is -0.358. The molecule has 0 atom stereocenters. The van der Waals surface area contributed by atoms with Crippen LogP contribution in [0.15, 0.2) is 36.4 Å². The van der Waals surface area contributed by atoms with Crippen LogP contribution in [0.3, 0.4) is 0 Å². The van der Waals surface area contributed by atoms with Gasteiger partial charge in [0.25, 0.3) is 6.47 Å². The summed E-state index contributed by atoms with van der Waals surface area (Å²) in [5.74, 6) is -0.674. The molecule has 0 saturated carbocycles. The summed E-state index contributed by atoms with van der Waals surface area (Å²) in [5, 5.41) is 0.223. The van der Waals surface area contributed by atoms with Crippen LogP contribution in [0.25, 0.3) is 0 Å². The highest BCUT2D eigenvalue weighted by Gasteiger charge is 2.32. The molecule has 2 aromatic carbocycles. The Kier molecular flexibility index (Phi) is 2.88. The fourth-order valence-corrected chi connectivity index (χ4v) is 2.51. The average molecular weight is 287 g/mol. The van der Waals surface area contributed by atoms with E-state index in [1.165, 1.54) is 12.1 Å². The molecule has 3 rings (SSSR count). The molecule has 0 radical (unpaired) electrons. The number of ether oxygens (including phenoxy) is 1. The van der Waals surface area contributed by atoms with E-state index in [1.807, 2.05) is 0 Å². The molecule has 0 amide bonds. The van der Waals surface area contributed by atoms with Gasteiger partial charge in [0.05, 0.1) is 5.56 Å². The van der Waals surface area contributed by atoms with E-state index in [0.29, 0.717) is 11.1 Å². The van der Waals surface area contributed by atoms with Crippen molar-refractivity contribution in [3.8, 4) is 5.75 Å². The van der Waals surface area contributed by atoms with Crippen LogP contribution in [0.4, 0.5) is 0 Å². The van der Waals surface area contributed by atoms with Gasteiger partial charge in [-0.05, 0) is 6.07 Å². The van der Waals surface area contributed by atoms with E-state index in [9.17, 15) is 14.4 Å². The van der Waals surface area contributed by atoms with E-state index in [-0.39, 0.29) is 39.9 Å². The number of ketones is 2. The Balaban J connectivity index is 2.32. The lowest BCUT2D eigenvalue weighted by molar-refractivity contribution is -0.120. The van der Waals surface area contributed by atoms with E-state index in [2.05, 4.69) is 0 Å². The second kappa shape index (κ2) is 4.58. The van der Waals surface area contributed by atoms with Crippen molar-refractivity contribution >= 4 is 29.6 Å². The van der Waals surface area contributed by atoms with Gasteiger partial charge in [0.15, 0.2) is 11.6 Å². The van der Waals surface area contributed by atoms with Crippen molar-refractivity contribution in [3.63, 3.8) is 0 Å². The molecule has 2 aromatic rings. The number of rotatable bonds is 2. The highest BCUT2D eigenvalue weighted by Crippen LogP contribution is 2.35. The van der Waals surface area contributed by atoms with Crippen molar-refractivity contribution in [2.45, 2.75) is 0 Å². The maximum absolute atomic E-state index is 12.5. The topological polar surface area (TPSA) is 60.4 Å². The SMILES string of the molecule is O=COc1cc(Cl)cc2c1C(=O)c1ccccc1C2=O. The van der Waals surface area contributed by atoms with E-state index < -0.39 is 0 Å². The maximum Gasteiger partial charge on any atom is 0.298 e. The Hall–Kier alpha value is -2.46. The van der Waals surface area contributed by atoms with Crippen molar-refractivity contribution in [1.82, 2.24) is 0 Å². The summed E-state index contributed by atoms with van der Waals surface area (Å²) in [7, 11) is 0. The summed E-state index contributed by atoms with van der Waals surface area (Å²) < 4.78 is 4.78. The summed E-state index contributed by atoms with van der Waals surface area (Å²) >= 11 is 5.90. The molecular formula is C15H7ClO4. The van der Waals surface area contributed by atoms with Crippen molar-refractivity contribution in [2.24, 2.45) is 0 Å². The first kappa shape index (κ1) is 12.6. The van der Waals surface area contributed by atoms with Gasteiger partial charge in [-0.15, -0.1) is 0 Å². The second-order valence-electron chi connectivity index (χ2n) is 4.24. The number of benzene rings is 2. The quantitative estimate of drug-likeness (QED) is 0.680. The normalized spacial score (nSPS) is 12.7. The number of carbonyl (C=O) groups is 3. The number of carbonyl (C=O) groups excluding carboxylic acids is 3. The van der Waals surface area contributed by atoms with E-state index >= 15 is 0 Å². The van der Waals surface area contributed by atoms with Gasteiger partial charge in [0, 0.05) is 27.8 Å². The number of fused-ring (bicyclic) bond motifs is 2. The second-order valence-corrected chi connectivity index (χ2v) is 4.68. The first-order valence-electron chi connectivity index (χ1n) is 5.75. The summed E-state index contributed by atoms with van der Waals surface area (Å²) in [4.78, 5) is 35.4. The van der Waals surface area contributed by atoms with Crippen LogP contribution in [-0.2, 0) is 4.79 Å². The molecule has 1 aliphatic carbocycles. The first-order valence-corrected chi connectivity index (χ1v) is 6.13. The van der Waals surface area contributed by atoms with Gasteiger partial charge in [-0.1, -0.05) is 35.9 Å². The average Bonchev–Trinajstić information content (AvgIpc) is 2.44. The Morgan fingerprint density at radius 3 is 2.25 bits per heavy atom. The zero-order chi connectivity index (χ0) is 14.3. The van der Waals surface area contributed by atoms with Crippen LogP contribution in [-0.4, -0.2) is 18.0 Å². The minimum Gasteiger partial charge on any atom is -0.428 e. The van der Waals surface area contributed by atoms with Gasteiger partial charge in [-0.25, -0.2) is 0 Å². The van der Waals surface area contributed by atoms with Crippen molar-refractivity contribution < 1.29 is 19.1 Å². The number of hydrogen-bond donors (Lipinski definition) is 0. The maximum atomic E-state index is 12.5. The predicted molar refractivity (Wildman–Crippen MR) is 71.5 cm³/mol. The van der Waals surface area contributed by atoms with Crippen LogP contribution in [0.5, 0.6) is 5.75 Å². The van der Waals surface area contributed by atoms with Gasteiger partial charge in [0.1, 0.15) is 5.75 Å². The van der Waals surface area contributed by atoms with E-state index in [4.69, 9.17) is 16.3 Å². The predicted octanol–water partition coefficient (Wildman–Crippen LogP) is 2.65. The van der Waals surface area contributed by atoms with Crippen LogP contribution < -0.4 is 4.74 Å². The Morgan fingerprint density at radius 1 is 0.950 bits per heavy atom. The molecule has 0 heterocycles. The van der Waals surface area contributed by atoms with Gasteiger partial charge >= 0.3 is 0 Å². The number of halogens is 1. The Bertz CT molecular complexity index is 764. The molecule has 0 unspecified atom stereocenters. The lowest BCUT2D eigenvalue weighted by Gasteiger charge is -2.19. The number of hydrogen-bond acceptors (Lipinski definition) is 4. The van der Waals surface area contributed by atoms with Gasteiger partial charge in [0.2, 0.25) is 0 Å². The zero-order valence-corrected chi connectivity index (χ0v) is 10.8. The molecule has 0 spiro atoms. The van der Waals surface area contributed by atoms with E-state index in [0.717, 1.165) is 0 Å². The summed E-state index contributed by atoms with van der Waals surface area (Å²) in [6, 6.07) is 9.25. The monoisotopic (exact) mass is 286 g/mol. The van der Waals surface area contributed by atoms with Gasteiger partial charge < -0.3 is 4.74 Å². The van der Waals surface area contributed by atoms with Crippen LogP contribution >= 0.6 is 11.6 Å². The molecular weight excluding hydrogens is 280 g/mol. The van der Waals surface area contributed by atoms with Gasteiger partial charge in [-0.2, -0.15) is 0 Å². The lowest BCUT2D eigenvalue weighted by Crippen LogP contribution is -2.21. The van der Waals surface area contributed by atoms with Crippen LogP contribution in [0, 0.1) is 0 Å². The fourth-order valence-electron chi connectivity index (χ4n) is 2.30. The first-order chi connectivity index (χ1) is 9.63. The largest absolute Gasteiger partial charge is 0.428 e. The van der Waals surface area contributed by atoms with Crippen molar-refractivity contribution in [2.75, 3.05) is 0 Å². The molecule has 0 saturated heterocycles. The molecule has 5 heteroatoms. The third-order valence-electron chi connectivity index (χ3n) is 3.13. The van der Waals surface area contributed by atoms with Crippen LogP contribution in [0.1, 0.15) is 31.8 Å². The molecule has 0 bridgehead atoms.